The van der Waals surface area contributed by atoms with Crippen molar-refractivity contribution in [2.45, 2.75) is 46.1 Å². The fourth-order valence-corrected chi connectivity index (χ4v) is 1.71. The maximum Gasteiger partial charge on any atom is 0.0320 e. The van der Waals surface area contributed by atoms with Crippen molar-refractivity contribution in [3.05, 3.63) is 35.4 Å². The second kappa shape index (κ2) is 6.93. The molecule has 16 heavy (non-hydrogen) atoms. The molecular formula is C14H24ClN. The molecule has 0 saturated carbocycles. The lowest BCUT2D eigenvalue weighted by atomic mass is 9.91. The molecule has 1 aromatic rings. The summed E-state index contributed by atoms with van der Waals surface area (Å²) in [6.45, 7) is 8.84. The van der Waals surface area contributed by atoms with E-state index in [1.54, 1.807) is 0 Å². The van der Waals surface area contributed by atoms with Crippen LogP contribution in [0.25, 0.3) is 0 Å². The van der Waals surface area contributed by atoms with Gasteiger partial charge in [0.1, 0.15) is 0 Å². The molecule has 0 bridgehead atoms. The molecule has 1 nitrogen and oxygen atoms in total. The molecule has 1 aromatic carbocycles. The van der Waals surface area contributed by atoms with Crippen LogP contribution in [0.2, 0.25) is 0 Å². The molecular weight excluding hydrogens is 218 g/mol. The summed E-state index contributed by atoms with van der Waals surface area (Å²) in [6, 6.07) is 8.86. The van der Waals surface area contributed by atoms with Crippen molar-refractivity contribution < 1.29 is 0 Å². The molecule has 2 atom stereocenters. The van der Waals surface area contributed by atoms with Gasteiger partial charge in [-0.2, -0.15) is 0 Å². The van der Waals surface area contributed by atoms with Crippen LogP contribution in [0.1, 0.15) is 57.2 Å². The number of hydrogen-bond donors (Lipinski definition) is 1. The first-order valence-electron chi connectivity index (χ1n) is 5.91. The molecule has 1 rings (SSSR count). The Kier molecular flexibility index (Phi) is 6.70. The molecule has 2 heteroatoms. The Bertz CT molecular complexity index is 309. The summed E-state index contributed by atoms with van der Waals surface area (Å²) >= 11 is 0. The molecule has 0 fully saturated rings. The number of benzene rings is 1. The van der Waals surface area contributed by atoms with Gasteiger partial charge in [0.2, 0.25) is 0 Å². The predicted molar refractivity (Wildman–Crippen MR) is 74.2 cm³/mol. The van der Waals surface area contributed by atoms with Crippen LogP contribution in [-0.2, 0) is 0 Å². The molecule has 2 N–H and O–H groups in total. The lowest BCUT2D eigenvalue weighted by Gasteiger charge is -2.20. The second-order valence-corrected chi connectivity index (χ2v) is 4.74. The van der Waals surface area contributed by atoms with Crippen molar-refractivity contribution in [3.63, 3.8) is 0 Å². The highest BCUT2D eigenvalue weighted by molar-refractivity contribution is 5.85. The lowest BCUT2D eigenvalue weighted by molar-refractivity contribution is 0.456. The smallest absolute Gasteiger partial charge is 0.0320 e. The van der Waals surface area contributed by atoms with Gasteiger partial charge in [-0.25, -0.2) is 0 Å². The first-order chi connectivity index (χ1) is 7.06. The molecule has 0 aliphatic carbocycles. The van der Waals surface area contributed by atoms with Gasteiger partial charge >= 0.3 is 0 Å². The SMILES string of the molecule is CCC(C)[C@H](N)c1cccc(C(C)C)c1.Cl. The topological polar surface area (TPSA) is 26.0 Å². The Balaban J connectivity index is 0.00000225. The third-order valence-corrected chi connectivity index (χ3v) is 3.22. The normalized spacial score (nSPS) is 14.4. The molecule has 0 radical (unpaired) electrons. The van der Waals surface area contributed by atoms with Crippen LogP contribution in [0.15, 0.2) is 24.3 Å². The molecule has 0 heterocycles. The Morgan fingerprint density at radius 1 is 1.12 bits per heavy atom. The van der Waals surface area contributed by atoms with Gasteiger partial charge in [0.25, 0.3) is 0 Å². The monoisotopic (exact) mass is 241 g/mol. The predicted octanol–water partition coefficient (Wildman–Crippen LogP) is 4.28. The summed E-state index contributed by atoms with van der Waals surface area (Å²) in [5.74, 6) is 1.13. The summed E-state index contributed by atoms with van der Waals surface area (Å²) in [5, 5.41) is 0. The van der Waals surface area contributed by atoms with Crippen LogP contribution in [0.4, 0.5) is 0 Å². The van der Waals surface area contributed by atoms with Crippen molar-refractivity contribution in [1.29, 1.82) is 0 Å². The van der Waals surface area contributed by atoms with Crippen LogP contribution in [0, 0.1) is 5.92 Å². The number of nitrogens with two attached hydrogens (primary N) is 1. The first-order valence-corrected chi connectivity index (χ1v) is 5.91. The van der Waals surface area contributed by atoms with Gasteiger partial charge in [-0.15, -0.1) is 12.4 Å². The van der Waals surface area contributed by atoms with Gasteiger partial charge in [-0.3, -0.25) is 0 Å². The molecule has 1 unspecified atom stereocenters. The van der Waals surface area contributed by atoms with E-state index in [9.17, 15) is 0 Å². The molecule has 92 valence electrons. The summed E-state index contributed by atoms with van der Waals surface area (Å²) in [6.07, 6.45) is 1.13. The minimum atomic E-state index is 0. The largest absolute Gasteiger partial charge is 0.324 e. The zero-order valence-electron chi connectivity index (χ0n) is 10.7. The lowest BCUT2D eigenvalue weighted by Crippen LogP contribution is -2.18. The molecule has 0 spiro atoms. The Hall–Kier alpha value is -0.530. The number of hydrogen-bond acceptors (Lipinski definition) is 1. The summed E-state index contributed by atoms with van der Waals surface area (Å²) < 4.78 is 0. The van der Waals surface area contributed by atoms with Crippen molar-refractivity contribution in [2.75, 3.05) is 0 Å². The van der Waals surface area contributed by atoms with Crippen molar-refractivity contribution in [3.8, 4) is 0 Å². The van der Waals surface area contributed by atoms with Crippen LogP contribution in [0.5, 0.6) is 0 Å². The zero-order chi connectivity index (χ0) is 11.4. The van der Waals surface area contributed by atoms with Gasteiger partial charge < -0.3 is 5.73 Å². The second-order valence-electron chi connectivity index (χ2n) is 4.74. The van der Waals surface area contributed by atoms with Crippen molar-refractivity contribution in [1.82, 2.24) is 0 Å². The van der Waals surface area contributed by atoms with Crippen LogP contribution < -0.4 is 5.73 Å². The van der Waals surface area contributed by atoms with Crippen LogP contribution >= 0.6 is 12.4 Å². The Morgan fingerprint density at radius 3 is 2.19 bits per heavy atom. The average Bonchev–Trinajstić information content (AvgIpc) is 2.27. The highest BCUT2D eigenvalue weighted by atomic mass is 35.5. The number of halogens is 1. The quantitative estimate of drug-likeness (QED) is 0.837. The minimum absolute atomic E-state index is 0. The maximum atomic E-state index is 6.22. The third kappa shape index (κ3) is 3.80. The number of rotatable bonds is 4. The third-order valence-electron chi connectivity index (χ3n) is 3.22. The summed E-state index contributed by atoms with van der Waals surface area (Å²) in [4.78, 5) is 0. The fraction of sp³-hybridized carbons (Fsp3) is 0.571. The van der Waals surface area contributed by atoms with Gasteiger partial charge in [0.15, 0.2) is 0 Å². The maximum absolute atomic E-state index is 6.22. The Labute approximate surface area is 106 Å². The van der Waals surface area contributed by atoms with E-state index in [1.807, 2.05) is 0 Å². The van der Waals surface area contributed by atoms with Gasteiger partial charge in [0, 0.05) is 6.04 Å². The van der Waals surface area contributed by atoms with E-state index < -0.39 is 0 Å². The van der Waals surface area contributed by atoms with E-state index >= 15 is 0 Å². The highest BCUT2D eigenvalue weighted by Gasteiger charge is 2.13. The Morgan fingerprint density at radius 2 is 1.69 bits per heavy atom. The van der Waals surface area contributed by atoms with Crippen LogP contribution in [0.3, 0.4) is 0 Å². The van der Waals surface area contributed by atoms with Gasteiger partial charge in [0.05, 0.1) is 0 Å². The van der Waals surface area contributed by atoms with E-state index in [-0.39, 0.29) is 18.4 Å². The van der Waals surface area contributed by atoms with Gasteiger partial charge in [-0.1, -0.05) is 58.4 Å². The molecule has 0 amide bonds. The summed E-state index contributed by atoms with van der Waals surface area (Å²) in [7, 11) is 0. The van der Waals surface area contributed by atoms with E-state index in [4.69, 9.17) is 5.73 Å². The first kappa shape index (κ1) is 15.5. The zero-order valence-corrected chi connectivity index (χ0v) is 11.6. The average molecular weight is 242 g/mol. The minimum Gasteiger partial charge on any atom is -0.324 e. The van der Waals surface area contributed by atoms with Crippen LogP contribution in [-0.4, -0.2) is 0 Å². The standard InChI is InChI=1S/C14H23N.ClH/c1-5-11(4)14(15)13-8-6-7-12(9-13)10(2)3;/h6-11,14H,5,15H2,1-4H3;1H/t11?,14-;/m0./s1. The van der Waals surface area contributed by atoms with E-state index in [1.165, 1.54) is 11.1 Å². The molecule has 0 aromatic heterocycles. The van der Waals surface area contributed by atoms with Crippen molar-refractivity contribution in [2.24, 2.45) is 11.7 Å². The van der Waals surface area contributed by atoms with Gasteiger partial charge in [-0.05, 0) is 23.0 Å². The molecule has 0 saturated heterocycles. The molecule has 0 aliphatic rings. The van der Waals surface area contributed by atoms with E-state index in [0.29, 0.717) is 11.8 Å². The van der Waals surface area contributed by atoms with E-state index in [0.717, 1.165) is 6.42 Å². The fourth-order valence-electron chi connectivity index (χ4n) is 1.71. The highest BCUT2D eigenvalue weighted by Crippen LogP contribution is 2.24. The summed E-state index contributed by atoms with van der Waals surface area (Å²) in [5.41, 5.74) is 8.87. The molecule has 0 aliphatic heterocycles. The van der Waals surface area contributed by atoms with Crippen molar-refractivity contribution >= 4 is 12.4 Å². The van der Waals surface area contributed by atoms with E-state index in [2.05, 4.69) is 52.0 Å².